The van der Waals surface area contributed by atoms with Crippen LogP contribution in [0.2, 0.25) is 0 Å². The average molecular weight is 443 g/mol. The van der Waals surface area contributed by atoms with Crippen molar-refractivity contribution < 1.29 is 27.5 Å². The minimum atomic E-state index is -4.52. The molecule has 0 saturated heterocycles. The van der Waals surface area contributed by atoms with Crippen molar-refractivity contribution >= 4 is 17.6 Å². The van der Waals surface area contributed by atoms with E-state index in [1.54, 1.807) is 18.2 Å². The molecule has 1 aromatic carbocycles. The van der Waals surface area contributed by atoms with Crippen LogP contribution in [0, 0.1) is 18.3 Å². The molecule has 0 fully saturated rings. The summed E-state index contributed by atoms with van der Waals surface area (Å²) in [6.45, 7) is 2.89. The van der Waals surface area contributed by atoms with Crippen LogP contribution in [0.3, 0.4) is 0 Å². The quantitative estimate of drug-likeness (QED) is 0.603. The van der Waals surface area contributed by atoms with Crippen LogP contribution in [0.5, 0.6) is 0 Å². The van der Waals surface area contributed by atoms with Crippen LogP contribution in [0.15, 0.2) is 48.8 Å². The number of carbonyl (C=O) groups excluding carboxylic acids is 2. The summed E-state index contributed by atoms with van der Waals surface area (Å²) >= 11 is 0. The molecule has 164 valence electrons. The van der Waals surface area contributed by atoms with Crippen molar-refractivity contribution in [3.05, 3.63) is 71.2 Å². The lowest BCUT2D eigenvalue weighted by Crippen LogP contribution is -2.30. The Kier molecular flexibility index (Phi) is 6.25. The number of nitriles is 1. The zero-order chi connectivity index (χ0) is 23.5. The number of rotatable bonds is 5. The lowest BCUT2D eigenvalue weighted by molar-refractivity contribution is -0.137. The summed E-state index contributed by atoms with van der Waals surface area (Å²) in [5.41, 5.74) is 0.113. The fourth-order valence-electron chi connectivity index (χ4n) is 2.71. The van der Waals surface area contributed by atoms with E-state index in [2.05, 4.69) is 15.4 Å². The van der Waals surface area contributed by atoms with Crippen LogP contribution >= 0.6 is 0 Å². The van der Waals surface area contributed by atoms with E-state index >= 15 is 0 Å². The largest absolute Gasteiger partial charge is 0.449 e. The first-order valence-corrected chi connectivity index (χ1v) is 9.20. The third-order valence-corrected chi connectivity index (χ3v) is 4.43. The van der Waals surface area contributed by atoms with Crippen molar-refractivity contribution in [2.24, 2.45) is 0 Å². The molecule has 8 nitrogen and oxygen atoms in total. The van der Waals surface area contributed by atoms with Gasteiger partial charge in [0.15, 0.2) is 11.9 Å². The first-order chi connectivity index (χ1) is 15.1. The number of ether oxygens (including phenoxy) is 1. The molecule has 1 N–H and O–H groups in total. The van der Waals surface area contributed by atoms with Crippen LogP contribution < -0.4 is 5.32 Å². The Hall–Kier alpha value is -4.20. The van der Waals surface area contributed by atoms with Gasteiger partial charge in [0.2, 0.25) is 0 Å². The summed E-state index contributed by atoms with van der Waals surface area (Å²) in [4.78, 5) is 28.5. The van der Waals surface area contributed by atoms with Crippen LogP contribution in [-0.4, -0.2) is 32.7 Å². The Balaban J connectivity index is 1.70. The van der Waals surface area contributed by atoms with Gasteiger partial charge in [-0.3, -0.25) is 4.79 Å². The lowest BCUT2D eigenvalue weighted by Gasteiger charge is -2.13. The van der Waals surface area contributed by atoms with Gasteiger partial charge in [0.25, 0.3) is 5.91 Å². The number of alkyl halides is 3. The second-order valence-corrected chi connectivity index (χ2v) is 6.69. The number of aromatic nitrogens is 3. The molecular formula is C21H16F3N5O3. The highest BCUT2D eigenvalue weighted by Crippen LogP contribution is 2.29. The number of hydrogen-bond donors (Lipinski definition) is 1. The molecule has 0 spiro atoms. The van der Waals surface area contributed by atoms with Crippen molar-refractivity contribution in [3.63, 3.8) is 0 Å². The van der Waals surface area contributed by atoms with Gasteiger partial charge in [0.1, 0.15) is 5.56 Å². The SMILES string of the molecule is Cc1c(C(=O)O[C@@H](C)C(=O)Nc2cccc(C#N)c2)cnn1-c1ccc(C(F)(F)F)cn1. The summed E-state index contributed by atoms with van der Waals surface area (Å²) in [5, 5.41) is 15.4. The summed E-state index contributed by atoms with van der Waals surface area (Å²) in [5.74, 6) is -1.37. The van der Waals surface area contributed by atoms with Crippen LogP contribution in [0.25, 0.3) is 5.82 Å². The van der Waals surface area contributed by atoms with Crippen molar-refractivity contribution in [1.82, 2.24) is 14.8 Å². The number of nitrogens with zero attached hydrogens (tertiary/aromatic N) is 4. The van der Waals surface area contributed by atoms with E-state index in [9.17, 15) is 22.8 Å². The second kappa shape index (κ2) is 8.89. The highest BCUT2D eigenvalue weighted by atomic mass is 19.4. The molecule has 11 heteroatoms. The van der Waals surface area contributed by atoms with Crippen LogP contribution in [0.4, 0.5) is 18.9 Å². The Morgan fingerprint density at radius 3 is 2.59 bits per heavy atom. The number of halogens is 3. The summed E-state index contributed by atoms with van der Waals surface area (Å²) < 4.78 is 44.5. The fourth-order valence-corrected chi connectivity index (χ4v) is 2.71. The zero-order valence-corrected chi connectivity index (χ0v) is 16.8. The third-order valence-electron chi connectivity index (χ3n) is 4.43. The number of nitrogens with one attached hydrogen (secondary N) is 1. The van der Waals surface area contributed by atoms with E-state index in [4.69, 9.17) is 10.00 Å². The molecule has 0 aliphatic heterocycles. The Bertz CT molecular complexity index is 1200. The Morgan fingerprint density at radius 2 is 1.97 bits per heavy atom. The van der Waals surface area contributed by atoms with Crippen molar-refractivity contribution in [2.75, 3.05) is 5.32 Å². The predicted octanol–water partition coefficient (Wildman–Crippen LogP) is 3.65. The van der Waals surface area contributed by atoms with Crippen LogP contribution in [0.1, 0.15) is 34.1 Å². The topological polar surface area (TPSA) is 110 Å². The summed E-state index contributed by atoms with van der Waals surface area (Å²) in [6, 6.07) is 10.2. The number of amides is 1. The van der Waals surface area contributed by atoms with Gasteiger partial charge in [-0.1, -0.05) is 6.07 Å². The van der Waals surface area contributed by atoms with Crippen molar-refractivity contribution in [1.29, 1.82) is 5.26 Å². The maximum atomic E-state index is 12.7. The summed E-state index contributed by atoms with van der Waals surface area (Å²) in [7, 11) is 0. The maximum absolute atomic E-state index is 12.7. The molecule has 3 rings (SSSR count). The van der Waals surface area contributed by atoms with E-state index in [1.165, 1.54) is 30.8 Å². The predicted molar refractivity (Wildman–Crippen MR) is 106 cm³/mol. The van der Waals surface area contributed by atoms with Gasteiger partial charge in [-0.15, -0.1) is 0 Å². The fraction of sp³-hybridized carbons (Fsp3) is 0.190. The molecule has 0 unspecified atom stereocenters. The van der Waals surface area contributed by atoms with Crippen LogP contribution in [-0.2, 0) is 15.7 Å². The molecule has 0 aliphatic rings. The van der Waals surface area contributed by atoms with Crippen molar-refractivity contribution in [2.45, 2.75) is 26.1 Å². The normalized spacial score (nSPS) is 12.0. The first-order valence-electron chi connectivity index (χ1n) is 9.20. The second-order valence-electron chi connectivity index (χ2n) is 6.69. The molecule has 0 bridgehead atoms. The molecule has 2 heterocycles. The van der Waals surface area contributed by atoms with Gasteiger partial charge in [-0.05, 0) is 44.2 Å². The number of anilines is 1. The summed E-state index contributed by atoms with van der Waals surface area (Å²) in [6.07, 6.45) is -3.84. The molecule has 0 aliphatic carbocycles. The minimum Gasteiger partial charge on any atom is -0.449 e. The van der Waals surface area contributed by atoms with Gasteiger partial charge >= 0.3 is 12.1 Å². The van der Waals surface area contributed by atoms with Gasteiger partial charge in [0, 0.05) is 11.9 Å². The first kappa shape index (κ1) is 22.5. The third kappa shape index (κ3) is 4.92. The van der Waals surface area contributed by atoms with Gasteiger partial charge in [0.05, 0.1) is 29.1 Å². The molecule has 0 saturated carbocycles. The standard InChI is InChI=1S/C21H16F3N5O3/c1-12-17(11-27-29(12)18-7-6-15(10-26-18)21(22,23)24)20(31)32-13(2)19(30)28-16-5-3-4-14(8-16)9-25/h3-8,10-11,13H,1-2H3,(H,28,30)/t13-/m0/s1. The molecule has 1 atom stereocenters. The highest BCUT2D eigenvalue weighted by Gasteiger charge is 2.31. The van der Waals surface area contributed by atoms with E-state index < -0.39 is 29.7 Å². The van der Waals surface area contributed by atoms with E-state index in [1.807, 2.05) is 6.07 Å². The molecule has 1 amide bonds. The number of carbonyl (C=O) groups is 2. The average Bonchev–Trinajstić information content (AvgIpc) is 3.14. The van der Waals surface area contributed by atoms with Gasteiger partial charge in [-0.2, -0.15) is 23.5 Å². The lowest BCUT2D eigenvalue weighted by atomic mass is 10.2. The minimum absolute atomic E-state index is 0.0258. The molecular weight excluding hydrogens is 427 g/mol. The van der Waals surface area contributed by atoms with Gasteiger partial charge in [-0.25, -0.2) is 14.5 Å². The van der Waals surface area contributed by atoms with E-state index in [0.717, 1.165) is 12.1 Å². The maximum Gasteiger partial charge on any atom is 0.417 e. The molecule has 3 aromatic rings. The highest BCUT2D eigenvalue weighted by molar-refractivity contribution is 5.97. The monoisotopic (exact) mass is 443 g/mol. The Labute approximate surface area is 180 Å². The molecule has 2 aromatic heterocycles. The Morgan fingerprint density at radius 1 is 1.22 bits per heavy atom. The number of pyridine rings is 1. The zero-order valence-electron chi connectivity index (χ0n) is 16.8. The number of benzene rings is 1. The van der Waals surface area contributed by atoms with E-state index in [0.29, 0.717) is 17.4 Å². The number of esters is 1. The number of hydrogen-bond acceptors (Lipinski definition) is 6. The van der Waals surface area contributed by atoms with Crippen molar-refractivity contribution in [3.8, 4) is 11.9 Å². The van der Waals surface area contributed by atoms with Gasteiger partial charge < -0.3 is 10.1 Å². The molecule has 0 radical (unpaired) electrons. The van der Waals surface area contributed by atoms with E-state index in [-0.39, 0.29) is 17.1 Å². The smallest absolute Gasteiger partial charge is 0.417 e. The molecule has 32 heavy (non-hydrogen) atoms.